The van der Waals surface area contributed by atoms with Crippen LogP contribution in [0.3, 0.4) is 0 Å². The standard InChI is InChI=1S/C11H19N3O4S/c1-3-14-7(2)10(6-12-14)19(17,18)13-8-4-5-9(15)11(8)16/h6,8-9,11,13,15-16H,3-5H2,1-2H3/t8-,9-,11-/m1/s1. The molecule has 1 aliphatic rings. The summed E-state index contributed by atoms with van der Waals surface area (Å²) >= 11 is 0. The highest BCUT2D eigenvalue weighted by Gasteiger charge is 2.36. The fourth-order valence-electron chi connectivity index (χ4n) is 2.36. The Kier molecular flexibility index (Phi) is 3.95. The number of hydrogen-bond acceptors (Lipinski definition) is 5. The number of aliphatic hydroxyl groups excluding tert-OH is 2. The quantitative estimate of drug-likeness (QED) is 0.685. The summed E-state index contributed by atoms with van der Waals surface area (Å²) in [7, 11) is -3.72. The largest absolute Gasteiger partial charge is 0.390 e. The van der Waals surface area contributed by atoms with Crippen molar-refractivity contribution in [2.45, 2.75) is 56.4 Å². The number of aliphatic hydroxyl groups is 2. The molecule has 2 rings (SSSR count). The van der Waals surface area contributed by atoms with Crippen LogP contribution in [0.4, 0.5) is 0 Å². The van der Waals surface area contributed by atoms with Crippen LogP contribution in [0, 0.1) is 6.92 Å². The molecule has 1 heterocycles. The average molecular weight is 289 g/mol. The van der Waals surface area contributed by atoms with E-state index >= 15 is 0 Å². The minimum Gasteiger partial charge on any atom is -0.390 e. The van der Waals surface area contributed by atoms with Crippen molar-refractivity contribution in [3.63, 3.8) is 0 Å². The van der Waals surface area contributed by atoms with Gasteiger partial charge in [0.05, 0.1) is 30.1 Å². The van der Waals surface area contributed by atoms with Gasteiger partial charge in [0, 0.05) is 6.54 Å². The normalized spacial score (nSPS) is 27.9. The van der Waals surface area contributed by atoms with Crippen LogP contribution in [-0.2, 0) is 16.6 Å². The zero-order valence-corrected chi connectivity index (χ0v) is 11.8. The number of aryl methyl sites for hydroxylation is 1. The summed E-state index contributed by atoms with van der Waals surface area (Å²) < 4.78 is 28.5. The Morgan fingerprint density at radius 1 is 1.47 bits per heavy atom. The molecule has 3 N–H and O–H groups in total. The first-order valence-electron chi connectivity index (χ1n) is 6.27. The van der Waals surface area contributed by atoms with E-state index in [1.807, 2.05) is 6.92 Å². The molecule has 1 aromatic heterocycles. The number of sulfonamides is 1. The third kappa shape index (κ3) is 2.66. The second kappa shape index (κ2) is 5.20. The molecule has 0 radical (unpaired) electrons. The minimum absolute atomic E-state index is 0.114. The molecule has 0 amide bonds. The Morgan fingerprint density at radius 2 is 2.16 bits per heavy atom. The SMILES string of the molecule is CCn1ncc(S(=O)(=O)N[C@@H]2CC[C@@H](O)[C@@H]2O)c1C. The van der Waals surface area contributed by atoms with E-state index in [2.05, 4.69) is 9.82 Å². The van der Waals surface area contributed by atoms with Crippen LogP contribution in [0.25, 0.3) is 0 Å². The van der Waals surface area contributed by atoms with Crippen molar-refractivity contribution in [3.8, 4) is 0 Å². The van der Waals surface area contributed by atoms with Crippen LogP contribution in [-0.4, -0.2) is 46.7 Å². The molecule has 0 aromatic carbocycles. The van der Waals surface area contributed by atoms with Gasteiger partial charge >= 0.3 is 0 Å². The van der Waals surface area contributed by atoms with Crippen LogP contribution in [0.2, 0.25) is 0 Å². The van der Waals surface area contributed by atoms with Crippen molar-refractivity contribution in [3.05, 3.63) is 11.9 Å². The van der Waals surface area contributed by atoms with Crippen molar-refractivity contribution >= 4 is 10.0 Å². The van der Waals surface area contributed by atoms with Crippen molar-refractivity contribution in [2.24, 2.45) is 0 Å². The molecule has 0 aliphatic heterocycles. The predicted octanol–water partition coefficient (Wildman–Crippen LogP) is -0.626. The van der Waals surface area contributed by atoms with E-state index in [1.165, 1.54) is 6.20 Å². The van der Waals surface area contributed by atoms with Crippen molar-refractivity contribution in [1.29, 1.82) is 0 Å². The monoisotopic (exact) mass is 289 g/mol. The fraction of sp³-hybridized carbons (Fsp3) is 0.727. The molecular weight excluding hydrogens is 270 g/mol. The van der Waals surface area contributed by atoms with Crippen LogP contribution in [0.5, 0.6) is 0 Å². The lowest BCUT2D eigenvalue weighted by atomic mass is 10.2. The number of nitrogens with zero attached hydrogens (tertiary/aromatic N) is 2. The van der Waals surface area contributed by atoms with E-state index in [1.54, 1.807) is 11.6 Å². The summed E-state index contributed by atoms with van der Waals surface area (Å²) in [4.78, 5) is 0.114. The van der Waals surface area contributed by atoms with Crippen LogP contribution in [0.15, 0.2) is 11.1 Å². The molecule has 0 bridgehead atoms. The molecule has 1 saturated carbocycles. The molecule has 0 unspecified atom stereocenters. The summed E-state index contributed by atoms with van der Waals surface area (Å²) in [5.41, 5.74) is 0.558. The minimum atomic E-state index is -3.72. The molecule has 1 fully saturated rings. The van der Waals surface area contributed by atoms with Crippen LogP contribution < -0.4 is 4.72 Å². The molecule has 0 spiro atoms. The van der Waals surface area contributed by atoms with Gasteiger partial charge < -0.3 is 10.2 Å². The maximum Gasteiger partial charge on any atom is 0.244 e. The first kappa shape index (κ1) is 14.4. The van der Waals surface area contributed by atoms with E-state index < -0.39 is 28.3 Å². The van der Waals surface area contributed by atoms with Gasteiger partial charge in [0.15, 0.2) is 0 Å². The van der Waals surface area contributed by atoms with E-state index in [0.717, 1.165) is 0 Å². The maximum absolute atomic E-state index is 12.2. The molecule has 108 valence electrons. The van der Waals surface area contributed by atoms with Crippen LogP contribution >= 0.6 is 0 Å². The third-order valence-corrected chi connectivity index (χ3v) is 5.13. The van der Waals surface area contributed by atoms with E-state index in [0.29, 0.717) is 25.1 Å². The van der Waals surface area contributed by atoms with Gasteiger partial charge in [0.25, 0.3) is 0 Å². The van der Waals surface area contributed by atoms with Gasteiger partial charge in [-0.25, -0.2) is 13.1 Å². The van der Waals surface area contributed by atoms with E-state index in [-0.39, 0.29) is 4.90 Å². The molecule has 3 atom stereocenters. The Hall–Kier alpha value is -0.960. The predicted molar refractivity (Wildman–Crippen MR) is 68.0 cm³/mol. The summed E-state index contributed by atoms with van der Waals surface area (Å²) in [6, 6.07) is -0.649. The van der Waals surface area contributed by atoms with E-state index in [4.69, 9.17) is 0 Å². The van der Waals surface area contributed by atoms with Gasteiger partial charge in [0.2, 0.25) is 10.0 Å². The molecule has 1 aromatic rings. The molecule has 1 aliphatic carbocycles. The lowest BCUT2D eigenvalue weighted by Crippen LogP contribution is -2.42. The summed E-state index contributed by atoms with van der Waals surface area (Å²) in [5.74, 6) is 0. The van der Waals surface area contributed by atoms with Crippen LogP contribution in [0.1, 0.15) is 25.5 Å². The summed E-state index contributed by atoms with van der Waals surface area (Å²) in [6.45, 7) is 4.15. The Balaban J connectivity index is 2.21. The van der Waals surface area contributed by atoms with Gasteiger partial charge in [-0.3, -0.25) is 4.68 Å². The zero-order chi connectivity index (χ0) is 14.2. The fourth-order valence-corrected chi connectivity index (χ4v) is 3.83. The number of nitrogens with one attached hydrogen (secondary N) is 1. The van der Waals surface area contributed by atoms with E-state index in [9.17, 15) is 18.6 Å². The first-order chi connectivity index (χ1) is 8.86. The zero-order valence-electron chi connectivity index (χ0n) is 10.9. The van der Waals surface area contributed by atoms with Gasteiger partial charge in [-0.05, 0) is 26.7 Å². The average Bonchev–Trinajstić information content (AvgIpc) is 2.87. The summed E-state index contributed by atoms with van der Waals surface area (Å²) in [5, 5.41) is 23.1. The molecule has 7 nitrogen and oxygen atoms in total. The Morgan fingerprint density at radius 3 is 2.63 bits per heavy atom. The van der Waals surface area contributed by atoms with Crippen molar-refractivity contribution in [2.75, 3.05) is 0 Å². The lowest BCUT2D eigenvalue weighted by Gasteiger charge is -2.17. The van der Waals surface area contributed by atoms with Gasteiger partial charge in [-0.1, -0.05) is 0 Å². The lowest BCUT2D eigenvalue weighted by molar-refractivity contribution is 0.0339. The van der Waals surface area contributed by atoms with Gasteiger partial charge in [0.1, 0.15) is 4.90 Å². The smallest absolute Gasteiger partial charge is 0.244 e. The number of hydrogen-bond donors (Lipinski definition) is 3. The molecule has 0 saturated heterocycles. The number of aromatic nitrogens is 2. The topological polar surface area (TPSA) is 104 Å². The maximum atomic E-state index is 12.2. The van der Waals surface area contributed by atoms with Crippen molar-refractivity contribution < 1.29 is 18.6 Å². The molecule has 19 heavy (non-hydrogen) atoms. The highest BCUT2D eigenvalue weighted by atomic mass is 32.2. The molecule has 8 heteroatoms. The molecular formula is C11H19N3O4S. The highest BCUT2D eigenvalue weighted by Crippen LogP contribution is 2.22. The first-order valence-corrected chi connectivity index (χ1v) is 7.76. The second-order valence-electron chi connectivity index (χ2n) is 4.77. The van der Waals surface area contributed by atoms with Gasteiger partial charge in [-0.15, -0.1) is 0 Å². The highest BCUT2D eigenvalue weighted by molar-refractivity contribution is 7.89. The summed E-state index contributed by atoms with van der Waals surface area (Å²) in [6.07, 6.45) is 0.187. The number of rotatable bonds is 4. The van der Waals surface area contributed by atoms with Gasteiger partial charge in [-0.2, -0.15) is 5.10 Å². The Labute approximate surface area is 112 Å². The van der Waals surface area contributed by atoms with Crippen molar-refractivity contribution in [1.82, 2.24) is 14.5 Å². The third-order valence-electron chi connectivity index (χ3n) is 3.53. The Bertz CT molecular complexity index is 554. The second-order valence-corrected chi connectivity index (χ2v) is 6.46.